The Morgan fingerprint density at radius 1 is 0.909 bits per heavy atom. The van der Waals surface area contributed by atoms with Crippen LogP contribution in [0.15, 0.2) is 55.1 Å². The van der Waals surface area contributed by atoms with Gasteiger partial charge in [-0.2, -0.15) is 0 Å². The van der Waals surface area contributed by atoms with Crippen LogP contribution in [0.1, 0.15) is 24.6 Å². The molecule has 0 atom stereocenters. The monoisotopic (exact) mass is 444 g/mol. The molecule has 4 rings (SSSR count). The largest absolute Gasteiger partial charge is 0.492 e. The van der Waals surface area contributed by atoms with Gasteiger partial charge in [-0.1, -0.05) is 6.92 Å². The van der Waals surface area contributed by atoms with E-state index < -0.39 is 0 Å². The number of hydrogen-bond acceptors (Lipinski definition) is 8. The van der Waals surface area contributed by atoms with Crippen molar-refractivity contribution in [3.05, 3.63) is 66.4 Å². The molecule has 0 fully saturated rings. The second kappa shape index (κ2) is 10.7. The maximum atomic E-state index is 5.96. The minimum Gasteiger partial charge on any atom is -0.492 e. The van der Waals surface area contributed by atoms with Gasteiger partial charge in [0.2, 0.25) is 0 Å². The fourth-order valence-electron chi connectivity index (χ4n) is 3.28. The Hall–Kier alpha value is -3.78. The highest BCUT2D eigenvalue weighted by Crippen LogP contribution is 2.29. The summed E-state index contributed by atoms with van der Waals surface area (Å²) in [6.45, 7) is 8.55. The highest BCUT2D eigenvalue weighted by Gasteiger charge is 2.09. The first kappa shape index (κ1) is 22.4. The van der Waals surface area contributed by atoms with E-state index in [4.69, 9.17) is 9.47 Å². The van der Waals surface area contributed by atoms with Crippen LogP contribution in [-0.4, -0.2) is 39.6 Å². The van der Waals surface area contributed by atoms with E-state index in [2.05, 4.69) is 37.5 Å². The van der Waals surface area contributed by atoms with E-state index in [1.54, 1.807) is 12.4 Å². The number of nitrogens with zero attached hydrogens (tertiary/aromatic N) is 4. The van der Waals surface area contributed by atoms with Crippen molar-refractivity contribution in [1.29, 1.82) is 0 Å². The molecular weight excluding hydrogens is 416 g/mol. The highest BCUT2D eigenvalue weighted by atomic mass is 16.5. The topological polar surface area (TPSA) is 94.1 Å². The van der Waals surface area contributed by atoms with Crippen LogP contribution in [0.2, 0.25) is 0 Å². The van der Waals surface area contributed by atoms with Crippen LogP contribution in [0, 0.1) is 13.8 Å². The highest BCUT2D eigenvalue weighted by molar-refractivity contribution is 5.87. The zero-order valence-electron chi connectivity index (χ0n) is 19.1. The average molecular weight is 445 g/mol. The standard InChI is InChI=1S/C25H28N6O2/c1-4-26-10-5-11-32-21-13-22-24(28-15-21)25(30-16-29-22)31-19-7-9-23(17(2)12-19)33-20-8-6-18(3)27-14-20/h6-9,12-16,26H,4-5,10-11H2,1-3H3,(H,29,30,31). The molecule has 0 aliphatic carbocycles. The number of hydrogen-bond donors (Lipinski definition) is 2. The number of aromatic nitrogens is 4. The molecule has 0 saturated carbocycles. The molecule has 3 aromatic heterocycles. The lowest BCUT2D eigenvalue weighted by molar-refractivity contribution is 0.308. The second-order valence-corrected chi connectivity index (χ2v) is 7.66. The van der Waals surface area contributed by atoms with Crippen LogP contribution < -0.4 is 20.1 Å². The molecule has 0 aliphatic rings. The number of benzene rings is 1. The third kappa shape index (κ3) is 5.93. The van der Waals surface area contributed by atoms with Crippen LogP contribution >= 0.6 is 0 Å². The summed E-state index contributed by atoms with van der Waals surface area (Å²) in [4.78, 5) is 17.5. The van der Waals surface area contributed by atoms with Gasteiger partial charge in [0.1, 0.15) is 29.1 Å². The van der Waals surface area contributed by atoms with Crippen LogP contribution in [0.4, 0.5) is 11.5 Å². The lowest BCUT2D eigenvalue weighted by Gasteiger charge is -2.12. The van der Waals surface area contributed by atoms with E-state index >= 15 is 0 Å². The first-order valence-electron chi connectivity index (χ1n) is 11.0. The number of anilines is 2. The van der Waals surface area contributed by atoms with E-state index in [0.717, 1.165) is 47.7 Å². The molecule has 170 valence electrons. The van der Waals surface area contributed by atoms with E-state index in [9.17, 15) is 0 Å². The van der Waals surface area contributed by atoms with Gasteiger partial charge in [-0.3, -0.25) is 4.98 Å². The Morgan fingerprint density at radius 2 is 1.79 bits per heavy atom. The summed E-state index contributed by atoms with van der Waals surface area (Å²) in [5.41, 5.74) is 4.22. The number of rotatable bonds is 10. The van der Waals surface area contributed by atoms with Crippen molar-refractivity contribution in [2.24, 2.45) is 0 Å². The molecule has 8 nitrogen and oxygen atoms in total. The first-order chi connectivity index (χ1) is 16.1. The Kier molecular flexibility index (Phi) is 7.26. The Labute approximate surface area is 193 Å². The molecule has 0 aliphatic heterocycles. The quantitative estimate of drug-likeness (QED) is 0.332. The normalized spacial score (nSPS) is 10.9. The van der Waals surface area contributed by atoms with Crippen LogP contribution in [0.25, 0.3) is 11.0 Å². The van der Waals surface area contributed by atoms with Crippen molar-refractivity contribution in [2.45, 2.75) is 27.2 Å². The van der Waals surface area contributed by atoms with E-state index in [1.165, 1.54) is 6.33 Å². The molecule has 0 amide bonds. The van der Waals surface area contributed by atoms with Crippen molar-refractivity contribution in [2.75, 3.05) is 25.0 Å². The molecule has 0 radical (unpaired) electrons. The zero-order valence-corrected chi connectivity index (χ0v) is 19.1. The van der Waals surface area contributed by atoms with Gasteiger partial charge in [-0.05, 0) is 69.3 Å². The molecule has 3 heterocycles. The molecule has 1 aromatic carbocycles. The third-order valence-corrected chi connectivity index (χ3v) is 5.02. The van der Waals surface area contributed by atoms with Gasteiger partial charge >= 0.3 is 0 Å². The van der Waals surface area contributed by atoms with Gasteiger partial charge in [0, 0.05) is 17.4 Å². The lowest BCUT2D eigenvalue weighted by atomic mass is 10.2. The molecule has 0 saturated heterocycles. The SMILES string of the molecule is CCNCCCOc1cnc2c(Nc3ccc(Oc4ccc(C)nc4)c(C)c3)ncnc2c1. The molecule has 0 spiro atoms. The Balaban J connectivity index is 1.45. The van der Waals surface area contributed by atoms with Crippen LogP contribution in [-0.2, 0) is 0 Å². The van der Waals surface area contributed by atoms with Crippen molar-refractivity contribution in [3.8, 4) is 17.2 Å². The van der Waals surface area contributed by atoms with E-state index in [0.29, 0.717) is 29.4 Å². The summed E-state index contributed by atoms with van der Waals surface area (Å²) in [6.07, 6.45) is 5.89. The minimum atomic E-state index is 0.628. The van der Waals surface area contributed by atoms with E-state index in [-0.39, 0.29) is 0 Å². The van der Waals surface area contributed by atoms with Crippen molar-refractivity contribution in [1.82, 2.24) is 25.3 Å². The number of ether oxygens (including phenoxy) is 2. The number of nitrogens with one attached hydrogen (secondary N) is 2. The summed E-state index contributed by atoms with van der Waals surface area (Å²) < 4.78 is 11.8. The molecule has 0 unspecified atom stereocenters. The summed E-state index contributed by atoms with van der Waals surface area (Å²) in [7, 11) is 0. The van der Waals surface area contributed by atoms with Gasteiger partial charge < -0.3 is 20.1 Å². The smallest absolute Gasteiger partial charge is 0.160 e. The van der Waals surface area contributed by atoms with Gasteiger partial charge in [0.05, 0.1) is 24.5 Å². The molecule has 0 bridgehead atoms. The van der Waals surface area contributed by atoms with Gasteiger partial charge in [-0.25, -0.2) is 15.0 Å². The predicted molar refractivity (Wildman–Crippen MR) is 129 cm³/mol. The van der Waals surface area contributed by atoms with Crippen molar-refractivity contribution in [3.63, 3.8) is 0 Å². The molecular formula is C25H28N6O2. The third-order valence-electron chi connectivity index (χ3n) is 5.02. The summed E-state index contributed by atoms with van der Waals surface area (Å²) in [5.74, 6) is 2.81. The van der Waals surface area contributed by atoms with Crippen LogP contribution in [0.3, 0.4) is 0 Å². The number of aryl methyl sites for hydroxylation is 2. The second-order valence-electron chi connectivity index (χ2n) is 7.66. The first-order valence-corrected chi connectivity index (χ1v) is 11.0. The zero-order chi connectivity index (χ0) is 23.0. The van der Waals surface area contributed by atoms with E-state index in [1.807, 2.05) is 50.2 Å². The number of pyridine rings is 2. The van der Waals surface area contributed by atoms with Gasteiger partial charge in [0.15, 0.2) is 5.82 Å². The lowest BCUT2D eigenvalue weighted by Crippen LogP contribution is -2.16. The fourth-order valence-corrected chi connectivity index (χ4v) is 3.28. The maximum Gasteiger partial charge on any atom is 0.160 e. The van der Waals surface area contributed by atoms with Gasteiger partial charge in [0.25, 0.3) is 0 Å². The van der Waals surface area contributed by atoms with Crippen molar-refractivity contribution >= 4 is 22.5 Å². The minimum absolute atomic E-state index is 0.628. The summed E-state index contributed by atoms with van der Waals surface area (Å²) in [5, 5.41) is 6.62. The average Bonchev–Trinajstić information content (AvgIpc) is 2.82. The Bertz CT molecular complexity index is 1210. The predicted octanol–water partition coefficient (Wildman–Crippen LogP) is 4.95. The summed E-state index contributed by atoms with van der Waals surface area (Å²) in [6, 6.07) is 11.6. The van der Waals surface area contributed by atoms with Crippen molar-refractivity contribution < 1.29 is 9.47 Å². The van der Waals surface area contributed by atoms with Gasteiger partial charge in [-0.15, -0.1) is 0 Å². The molecule has 4 aromatic rings. The Morgan fingerprint density at radius 3 is 2.58 bits per heavy atom. The molecule has 8 heteroatoms. The van der Waals surface area contributed by atoms with Crippen LogP contribution in [0.5, 0.6) is 17.2 Å². The molecule has 2 N–H and O–H groups in total. The number of fused-ring (bicyclic) bond motifs is 1. The maximum absolute atomic E-state index is 5.96. The fraction of sp³-hybridized carbons (Fsp3) is 0.280. The molecule has 33 heavy (non-hydrogen) atoms. The summed E-state index contributed by atoms with van der Waals surface area (Å²) >= 11 is 0.